The number of H-pyrrole nitrogens is 1. The third-order valence-corrected chi connectivity index (χ3v) is 3.13. The Balaban J connectivity index is 2.37. The summed E-state index contributed by atoms with van der Waals surface area (Å²) in [5.41, 5.74) is 2.85. The lowest BCUT2D eigenvalue weighted by Gasteiger charge is -2.05. The number of hydrogen-bond acceptors (Lipinski definition) is 2. The van der Waals surface area contributed by atoms with E-state index in [0.717, 1.165) is 22.7 Å². The number of nitrogens with one attached hydrogen (secondary N) is 1. The minimum Gasteiger partial charge on any atom is -0.494 e. The first-order valence-electron chi connectivity index (χ1n) is 6.72. The molecule has 2 aromatic rings. The van der Waals surface area contributed by atoms with Crippen LogP contribution in [0.1, 0.15) is 42.7 Å². The summed E-state index contributed by atoms with van der Waals surface area (Å²) in [5.74, 6) is 0.0463. The van der Waals surface area contributed by atoms with Gasteiger partial charge in [0.1, 0.15) is 5.75 Å². The quantitative estimate of drug-likeness (QED) is 0.868. The van der Waals surface area contributed by atoms with Crippen LogP contribution in [-0.4, -0.2) is 22.7 Å². The highest BCUT2D eigenvalue weighted by atomic mass is 16.5. The normalized spacial score (nSPS) is 10.8. The average molecular weight is 273 g/mol. The van der Waals surface area contributed by atoms with Gasteiger partial charge in [-0.1, -0.05) is 13.8 Å². The van der Waals surface area contributed by atoms with Crippen LogP contribution in [-0.2, 0) is 0 Å². The van der Waals surface area contributed by atoms with Gasteiger partial charge < -0.3 is 14.8 Å². The third kappa shape index (κ3) is 2.85. The minimum absolute atomic E-state index is 0.137. The number of rotatable bonds is 5. The van der Waals surface area contributed by atoms with Crippen molar-refractivity contribution < 1.29 is 14.6 Å². The Morgan fingerprint density at radius 1 is 1.30 bits per heavy atom. The molecule has 1 aromatic carbocycles. The number of carboxylic acid groups (broad SMARTS) is 1. The van der Waals surface area contributed by atoms with Crippen molar-refractivity contribution in [1.82, 2.24) is 4.98 Å². The van der Waals surface area contributed by atoms with Crippen LogP contribution in [0.5, 0.6) is 5.75 Å². The van der Waals surface area contributed by atoms with Crippen LogP contribution in [0.15, 0.2) is 30.3 Å². The van der Waals surface area contributed by atoms with E-state index in [1.165, 1.54) is 0 Å². The lowest BCUT2D eigenvalue weighted by molar-refractivity contribution is 0.0695. The molecular formula is C16H19NO3. The van der Waals surface area contributed by atoms with Gasteiger partial charge in [0.25, 0.3) is 0 Å². The highest BCUT2D eigenvalue weighted by Crippen LogP contribution is 2.27. The van der Waals surface area contributed by atoms with Crippen molar-refractivity contribution in [3.8, 4) is 17.0 Å². The van der Waals surface area contributed by atoms with Gasteiger partial charge in [-0.2, -0.15) is 0 Å². The van der Waals surface area contributed by atoms with Gasteiger partial charge in [0, 0.05) is 11.4 Å². The molecule has 4 nitrogen and oxygen atoms in total. The lowest BCUT2D eigenvalue weighted by Crippen LogP contribution is -2.01. The van der Waals surface area contributed by atoms with Crippen molar-refractivity contribution in [2.75, 3.05) is 6.61 Å². The topological polar surface area (TPSA) is 62.3 Å². The standard InChI is InChI=1S/C16H19NO3/c1-4-20-12-7-5-11(6-8-12)14-9-13(16(18)19)15(17-14)10(2)3/h5-10,17H,4H2,1-3H3,(H,18,19). The lowest BCUT2D eigenvalue weighted by atomic mass is 10.1. The van der Waals surface area contributed by atoms with Gasteiger partial charge in [-0.05, 0) is 48.7 Å². The van der Waals surface area contributed by atoms with Gasteiger partial charge in [0.2, 0.25) is 0 Å². The van der Waals surface area contributed by atoms with Crippen molar-refractivity contribution in [3.63, 3.8) is 0 Å². The number of aromatic nitrogens is 1. The number of aromatic carboxylic acids is 1. The summed E-state index contributed by atoms with van der Waals surface area (Å²) in [6.07, 6.45) is 0. The first-order valence-corrected chi connectivity index (χ1v) is 6.72. The van der Waals surface area contributed by atoms with Gasteiger partial charge in [-0.25, -0.2) is 4.79 Å². The van der Waals surface area contributed by atoms with Crippen LogP contribution in [0.4, 0.5) is 0 Å². The summed E-state index contributed by atoms with van der Waals surface area (Å²) >= 11 is 0. The second-order valence-corrected chi connectivity index (χ2v) is 4.93. The molecule has 20 heavy (non-hydrogen) atoms. The van der Waals surface area contributed by atoms with E-state index in [1.807, 2.05) is 45.0 Å². The first kappa shape index (κ1) is 14.2. The molecule has 106 valence electrons. The summed E-state index contributed by atoms with van der Waals surface area (Å²) < 4.78 is 5.40. The molecule has 0 unspecified atom stereocenters. The predicted molar refractivity (Wildman–Crippen MR) is 78.4 cm³/mol. The third-order valence-electron chi connectivity index (χ3n) is 3.13. The molecule has 4 heteroatoms. The molecule has 0 saturated heterocycles. The Bertz CT molecular complexity index is 597. The Morgan fingerprint density at radius 3 is 2.40 bits per heavy atom. The van der Waals surface area contributed by atoms with Crippen molar-refractivity contribution in [2.24, 2.45) is 0 Å². The fourth-order valence-corrected chi connectivity index (χ4v) is 2.16. The van der Waals surface area contributed by atoms with Gasteiger partial charge in [0.15, 0.2) is 0 Å². The molecule has 0 fully saturated rings. The van der Waals surface area contributed by atoms with Crippen LogP contribution in [0, 0.1) is 0 Å². The molecule has 0 spiro atoms. The summed E-state index contributed by atoms with van der Waals surface area (Å²) in [6.45, 7) is 6.51. The van der Waals surface area contributed by atoms with Crippen LogP contribution in [0.2, 0.25) is 0 Å². The zero-order valence-electron chi connectivity index (χ0n) is 11.9. The van der Waals surface area contributed by atoms with Crippen molar-refractivity contribution in [3.05, 3.63) is 41.6 Å². The average Bonchev–Trinajstić information content (AvgIpc) is 2.85. The van der Waals surface area contributed by atoms with E-state index in [4.69, 9.17) is 4.74 Å². The van der Waals surface area contributed by atoms with Gasteiger partial charge >= 0.3 is 5.97 Å². The molecule has 0 bridgehead atoms. The van der Waals surface area contributed by atoms with E-state index in [0.29, 0.717) is 12.2 Å². The molecule has 0 aliphatic rings. The second kappa shape index (κ2) is 5.82. The molecule has 0 radical (unpaired) electrons. The maximum Gasteiger partial charge on any atom is 0.337 e. The number of carboxylic acids is 1. The molecule has 0 saturated carbocycles. The van der Waals surface area contributed by atoms with Gasteiger partial charge in [-0.15, -0.1) is 0 Å². The predicted octanol–water partition coefficient (Wildman–Crippen LogP) is 3.90. The Hall–Kier alpha value is -2.23. The van der Waals surface area contributed by atoms with E-state index in [-0.39, 0.29) is 5.92 Å². The molecule has 0 amide bonds. The zero-order valence-corrected chi connectivity index (χ0v) is 11.9. The highest BCUT2D eigenvalue weighted by Gasteiger charge is 2.17. The minimum atomic E-state index is -0.901. The fourth-order valence-electron chi connectivity index (χ4n) is 2.16. The second-order valence-electron chi connectivity index (χ2n) is 4.93. The van der Waals surface area contributed by atoms with E-state index in [2.05, 4.69) is 4.98 Å². The van der Waals surface area contributed by atoms with E-state index >= 15 is 0 Å². The Kier molecular flexibility index (Phi) is 4.13. The number of hydrogen-bond donors (Lipinski definition) is 2. The Labute approximate surface area is 118 Å². The molecule has 0 aliphatic heterocycles. The van der Waals surface area contributed by atoms with E-state index in [9.17, 15) is 9.90 Å². The van der Waals surface area contributed by atoms with Crippen molar-refractivity contribution >= 4 is 5.97 Å². The Morgan fingerprint density at radius 2 is 1.95 bits per heavy atom. The van der Waals surface area contributed by atoms with Gasteiger partial charge in [0.05, 0.1) is 12.2 Å². The smallest absolute Gasteiger partial charge is 0.337 e. The molecule has 0 atom stereocenters. The summed E-state index contributed by atoms with van der Waals surface area (Å²) in [5, 5.41) is 9.25. The number of ether oxygens (including phenoxy) is 1. The largest absolute Gasteiger partial charge is 0.494 e. The fraction of sp³-hybridized carbons (Fsp3) is 0.312. The molecule has 1 heterocycles. The monoisotopic (exact) mass is 273 g/mol. The first-order chi connectivity index (χ1) is 9.52. The SMILES string of the molecule is CCOc1ccc(-c2cc(C(=O)O)c(C(C)C)[nH]2)cc1. The summed E-state index contributed by atoms with van der Waals surface area (Å²) in [7, 11) is 0. The summed E-state index contributed by atoms with van der Waals surface area (Å²) in [6, 6.07) is 9.30. The maximum atomic E-state index is 11.3. The molecule has 2 rings (SSSR count). The maximum absolute atomic E-state index is 11.3. The molecule has 1 aromatic heterocycles. The molecular weight excluding hydrogens is 254 g/mol. The highest BCUT2D eigenvalue weighted by molar-refractivity contribution is 5.91. The number of aromatic amines is 1. The van der Waals surface area contributed by atoms with Crippen molar-refractivity contribution in [1.29, 1.82) is 0 Å². The number of carbonyl (C=O) groups is 1. The molecule has 0 aliphatic carbocycles. The number of benzene rings is 1. The van der Waals surface area contributed by atoms with Crippen LogP contribution < -0.4 is 4.74 Å². The van der Waals surface area contributed by atoms with Crippen LogP contribution >= 0.6 is 0 Å². The zero-order chi connectivity index (χ0) is 14.7. The molecule has 2 N–H and O–H groups in total. The van der Waals surface area contributed by atoms with E-state index < -0.39 is 5.97 Å². The van der Waals surface area contributed by atoms with Crippen LogP contribution in [0.25, 0.3) is 11.3 Å². The van der Waals surface area contributed by atoms with Crippen molar-refractivity contribution in [2.45, 2.75) is 26.7 Å². The van der Waals surface area contributed by atoms with Gasteiger partial charge in [-0.3, -0.25) is 0 Å². The van der Waals surface area contributed by atoms with Crippen LogP contribution in [0.3, 0.4) is 0 Å². The van der Waals surface area contributed by atoms with E-state index in [1.54, 1.807) is 6.07 Å². The summed E-state index contributed by atoms with van der Waals surface area (Å²) in [4.78, 5) is 14.5.